The smallest absolute Gasteiger partial charge is 0.0134 e. The first-order valence-electron chi connectivity index (χ1n) is 4.32. The lowest BCUT2D eigenvalue weighted by atomic mass is 9.84. The molecule has 0 N–H and O–H groups in total. The van der Waals surface area contributed by atoms with Gasteiger partial charge in [0.05, 0.1) is 0 Å². The highest BCUT2D eigenvalue weighted by molar-refractivity contribution is 9.09. The van der Waals surface area contributed by atoms with Crippen molar-refractivity contribution >= 4 is 31.9 Å². The van der Waals surface area contributed by atoms with Crippen LogP contribution in [-0.4, -0.2) is 10.7 Å². The van der Waals surface area contributed by atoms with Gasteiger partial charge in [0.1, 0.15) is 0 Å². The van der Waals surface area contributed by atoms with E-state index in [0.29, 0.717) is 0 Å². The van der Waals surface area contributed by atoms with Gasteiger partial charge in [0.15, 0.2) is 0 Å². The Labute approximate surface area is 97.0 Å². The number of hydrogen-bond acceptors (Lipinski definition) is 0. The summed E-state index contributed by atoms with van der Waals surface area (Å²) in [7, 11) is 0. The van der Waals surface area contributed by atoms with Crippen LogP contribution in [0.3, 0.4) is 0 Å². The van der Waals surface area contributed by atoms with Gasteiger partial charge in [-0.3, -0.25) is 0 Å². The molecular weight excluding hydrogens is 292 g/mol. The van der Waals surface area contributed by atoms with Crippen molar-refractivity contribution in [2.24, 2.45) is 0 Å². The summed E-state index contributed by atoms with van der Waals surface area (Å²) in [5, 5.41) is 1.96. The first-order chi connectivity index (χ1) is 6.14. The van der Waals surface area contributed by atoms with Crippen molar-refractivity contribution in [3.63, 3.8) is 0 Å². The molecule has 0 saturated heterocycles. The summed E-state index contributed by atoms with van der Waals surface area (Å²) in [5.41, 5.74) is 2.98. The molecule has 1 aromatic rings. The molecule has 0 bridgehead atoms. The van der Waals surface area contributed by atoms with E-state index in [2.05, 4.69) is 70.0 Å². The van der Waals surface area contributed by atoms with Crippen LogP contribution in [0.4, 0.5) is 0 Å². The number of halogens is 2. The number of rotatable bonds is 3. The number of hydrogen-bond donors (Lipinski definition) is 0. The first-order valence-corrected chi connectivity index (χ1v) is 6.56. The van der Waals surface area contributed by atoms with Gasteiger partial charge >= 0.3 is 0 Å². The summed E-state index contributed by atoms with van der Waals surface area (Å²) < 4.78 is 0. The lowest BCUT2D eigenvalue weighted by Gasteiger charge is -2.27. The predicted molar refractivity (Wildman–Crippen MR) is 66.1 cm³/mol. The summed E-state index contributed by atoms with van der Waals surface area (Å²) in [6, 6.07) is 8.56. The number of alkyl halides is 2. The molecule has 0 nitrogen and oxygen atoms in total. The molecular formula is C11H14Br2. The minimum Gasteiger partial charge on any atom is -0.0918 e. The Morgan fingerprint density at radius 1 is 1.15 bits per heavy atom. The van der Waals surface area contributed by atoms with Gasteiger partial charge in [0.25, 0.3) is 0 Å². The van der Waals surface area contributed by atoms with Gasteiger partial charge in [-0.25, -0.2) is 0 Å². The zero-order chi connectivity index (χ0) is 9.90. The van der Waals surface area contributed by atoms with Crippen LogP contribution in [0, 0.1) is 6.92 Å². The monoisotopic (exact) mass is 304 g/mol. The van der Waals surface area contributed by atoms with E-state index in [4.69, 9.17) is 0 Å². The largest absolute Gasteiger partial charge is 0.0918 e. The van der Waals surface area contributed by atoms with Gasteiger partial charge < -0.3 is 0 Å². The molecule has 72 valence electrons. The Kier molecular flexibility index (Phi) is 3.99. The van der Waals surface area contributed by atoms with Crippen LogP contribution in [0.25, 0.3) is 0 Å². The Hall–Kier alpha value is 0.180. The SMILES string of the molecule is Cc1ccccc1C(C)(CBr)CBr. The minimum absolute atomic E-state index is 0.200. The van der Waals surface area contributed by atoms with E-state index in [1.54, 1.807) is 0 Å². The lowest BCUT2D eigenvalue weighted by molar-refractivity contribution is 0.619. The fourth-order valence-electron chi connectivity index (χ4n) is 1.43. The van der Waals surface area contributed by atoms with Gasteiger partial charge in [-0.2, -0.15) is 0 Å². The molecule has 13 heavy (non-hydrogen) atoms. The summed E-state index contributed by atoms with van der Waals surface area (Å²) in [5.74, 6) is 0. The van der Waals surface area contributed by atoms with Gasteiger partial charge in [0.2, 0.25) is 0 Å². The van der Waals surface area contributed by atoms with E-state index in [-0.39, 0.29) is 5.41 Å². The lowest BCUT2D eigenvalue weighted by Crippen LogP contribution is -2.26. The van der Waals surface area contributed by atoms with Gasteiger partial charge in [-0.1, -0.05) is 63.0 Å². The zero-order valence-electron chi connectivity index (χ0n) is 7.98. The van der Waals surface area contributed by atoms with Crippen molar-refractivity contribution in [1.29, 1.82) is 0 Å². The maximum atomic E-state index is 3.57. The highest BCUT2D eigenvalue weighted by Gasteiger charge is 2.25. The maximum absolute atomic E-state index is 3.57. The van der Waals surface area contributed by atoms with Gasteiger partial charge in [-0.15, -0.1) is 0 Å². The van der Waals surface area contributed by atoms with E-state index in [1.807, 2.05) is 0 Å². The quantitative estimate of drug-likeness (QED) is 0.739. The van der Waals surface area contributed by atoms with Crippen molar-refractivity contribution in [1.82, 2.24) is 0 Å². The third-order valence-electron chi connectivity index (χ3n) is 2.39. The molecule has 0 aliphatic carbocycles. The number of benzene rings is 1. The third-order valence-corrected chi connectivity index (χ3v) is 4.86. The standard InChI is InChI=1S/C11H14Br2/c1-9-5-3-4-6-10(9)11(2,7-12)8-13/h3-6H,7-8H2,1-2H3. The van der Waals surface area contributed by atoms with Crippen LogP contribution >= 0.6 is 31.9 Å². The Morgan fingerprint density at radius 2 is 1.69 bits per heavy atom. The maximum Gasteiger partial charge on any atom is 0.0134 e. The van der Waals surface area contributed by atoms with Crippen LogP contribution in [-0.2, 0) is 5.41 Å². The normalized spacial score (nSPS) is 11.7. The second-order valence-electron chi connectivity index (χ2n) is 3.64. The van der Waals surface area contributed by atoms with Crippen LogP contribution in [0.15, 0.2) is 24.3 Å². The van der Waals surface area contributed by atoms with E-state index in [0.717, 1.165) is 10.7 Å². The summed E-state index contributed by atoms with van der Waals surface area (Å²) in [4.78, 5) is 0. The van der Waals surface area contributed by atoms with Crippen molar-refractivity contribution in [3.05, 3.63) is 35.4 Å². The molecule has 0 spiro atoms. The van der Waals surface area contributed by atoms with Crippen LogP contribution < -0.4 is 0 Å². The molecule has 0 radical (unpaired) electrons. The van der Waals surface area contributed by atoms with Crippen molar-refractivity contribution in [2.45, 2.75) is 19.3 Å². The highest BCUT2D eigenvalue weighted by Crippen LogP contribution is 2.30. The molecule has 0 atom stereocenters. The van der Waals surface area contributed by atoms with E-state index < -0.39 is 0 Å². The molecule has 0 aliphatic rings. The van der Waals surface area contributed by atoms with Crippen LogP contribution in [0.1, 0.15) is 18.1 Å². The topological polar surface area (TPSA) is 0 Å². The molecule has 1 rings (SSSR count). The van der Waals surface area contributed by atoms with Gasteiger partial charge in [0, 0.05) is 16.1 Å². The molecule has 0 aliphatic heterocycles. The fraction of sp³-hybridized carbons (Fsp3) is 0.455. The molecule has 0 amide bonds. The van der Waals surface area contributed by atoms with E-state index >= 15 is 0 Å². The minimum atomic E-state index is 0.200. The average molecular weight is 306 g/mol. The average Bonchev–Trinajstić information content (AvgIpc) is 2.17. The molecule has 2 heteroatoms. The molecule has 0 aromatic heterocycles. The molecule has 0 unspecified atom stereocenters. The summed E-state index contributed by atoms with van der Waals surface area (Å²) in [6.07, 6.45) is 0. The molecule has 0 fully saturated rings. The third kappa shape index (κ3) is 2.35. The fourth-order valence-corrected chi connectivity index (χ4v) is 2.96. The molecule has 0 heterocycles. The second-order valence-corrected chi connectivity index (χ2v) is 4.76. The summed E-state index contributed by atoms with van der Waals surface area (Å²) >= 11 is 7.15. The second kappa shape index (κ2) is 4.61. The summed E-state index contributed by atoms with van der Waals surface area (Å²) in [6.45, 7) is 4.43. The van der Waals surface area contributed by atoms with Crippen molar-refractivity contribution in [2.75, 3.05) is 10.7 Å². The van der Waals surface area contributed by atoms with Crippen LogP contribution in [0.2, 0.25) is 0 Å². The first kappa shape index (κ1) is 11.3. The van der Waals surface area contributed by atoms with Crippen LogP contribution in [0.5, 0.6) is 0 Å². The highest BCUT2D eigenvalue weighted by atomic mass is 79.9. The Morgan fingerprint density at radius 3 is 2.15 bits per heavy atom. The number of aryl methyl sites for hydroxylation is 1. The predicted octanol–water partition coefficient (Wildman–Crippen LogP) is 4.04. The molecule has 0 saturated carbocycles. The Bertz CT molecular complexity index is 277. The zero-order valence-corrected chi connectivity index (χ0v) is 11.2. The van der Waals surface area contributed by atoms with Gasteiger partial charge in [-0.05, 0) is 18.1 Å². The van der Waals surface area contributed by atoms with E-state index in [9.17, 15) is 0 Å². The van der Waals surface area contributed by atoms with Crippen molar-refractivity contribution in [3.8, 4) is 0 Å². The Balaban J connectivity index is 3.12. The molecule has 1 aromatic carbocycles. The van der Waals surface area contributed by atoms with Crippen molar-refractivity contribution < 1.29 is 0 Å². The van der Waals surface area contributed by atoms with E-state index in [1.165, 1.54) is 11.1 Å².